The fourth-order valence-corrected chi connectivity index (χ4v) is 2.20. The first kappa shape index (κ1) is 15.5. The monoisotopic (exact) mass is 308 g/mol. The van der Waals surface area contributed by atoms with E-state index in [4.69, 9.17) is 4.52 Å². The van der Waals surface area contributed by atoms with Gasteiger partial charge in [-0.2, -0.15) is 0 Å². The molecule has 1 aliphatic rings. The molecule has 0 unspecified atom stereocenters. The van der Waals surface area contributed by atoms with Crippen LogP contribution in [-0.4, -0.2) is 35.7 Å². The molecule has 6 nitrogen and oxygen atoms in total. The molecule has 0 saturated heterocycles. The summed E-state index contributed by atoms with van der Waals surface area (Å²) < 4.78 is 5.03. The van der Waals surface area contributed by atoms with Gasteiger partial charge in [-0.1, -0.05) is 16.8 Å². The molecule has 0 bridgehead atoms. The van der Waals surface area contributed by atoms with Gasteiger partial charge in [0.15, 0.2) is 0 Å². The van der Waals surface area contributed by atoms with Gasteiger partial charge >= 0.3 is 0 Å². The molecule has 2 N–H and O–H groups in total. The molecular formula is C14H17ClN4O2. The average Bonchev–Trinajstić information content (AvgIpc) is 2.87. The Morgan fingerprint density at radius 1 is 1.52 bits per heavy atom. The number of halogens is 1. The summed E-state index contributed by atoms with van der Waals surface area (Å²) in [4.78, 5) is 16.2. The summed E-state index contributed by atoms with van der Waals surface area (Å²) in [6.45, 7) is 4.25. The first-order valence-corrected chi connectivity index (χ1v) is 6.63. The Hall–Kier alpha value is -1.92. The smallest absolute Gasteiger partial charge is 0.257 e. The predicted octanol–water partition coefficient (Wildman–Crippen LogP) is 1.60. The second kappa shape index (κ2) is 6.69. The maximum atomic E-state index is 12.1. The van der Waals surface area contributed by atoms with E-state index in [1.54, 1.807) is 6.07 Å². The summed E-state index contributed by atoms with van der Waals surface area (Å²) in [5.74, 6) is -0.126. The number of fused-ring (bicyclic) bond motifs is 1. The zero-order chi connectivity index (χ0) is 13.9. The Morgan fingerprint density at radius 2 is 2.38 bits per heavy atom. The predicted molar refractivity (Wildman–Crippen MR) is 81.7 cm³/mol. The third kappa shape index (κ3) is 3.40. The highest BCUT2D eigenvalue weighted by Gasteiger charge is 2.12. The second-order valence-corrected chi connectivity index (χ2v) is 4.84. The molecule has 0 aromatic carbocycles. The summed E-state index contributed by atoms with van der Waals surface area (Å²) in [7, 11) is 0. The summed E-state index contributed by atoms with van der Waals surface area (Å²) in [5, 5.41) is 10.8. The third-order valence-corrected chi connectivity index (χ3v) is 3.41. The van der Waals surface area contributed by atoms with Crippen LogP contribution in [0.4, 0.5) is 0 Å². The van der Waals surface area contributed by atoms with Crippen molar-refractivity contribution in [3.05, 3.63) is 35.2 Å². The lowest BCUT2D eigenvalue weighted by Crippen LogP contribution is -2.29. The van der Waals surface area contributed by atoms with Gasteiger partial charge in [-0.05, 0) is 26.0 Å². The van der Waals surface area contributed by atoms with Gasteiger partial charge in [0, 0.05) is 19.3 Å². The summed E-state index contributed by atoms with van der Waals surface area (Å²) in [6, 6.07) is 1.76. The molecule has 112 valence electrons. The van der Waals surface area contributed by atoms with Crippen molar-refractivity contribution in [3.8, 4) is 0 Å². The normalized spacial score (nSPS) is 14.4. The lowest BCUT2D eigenvalue weighted by molar-refractivity contribution is 0.0956. The largest absolute Gasteiger partial charge is 0.348 e. The molecule has 1 aliphatic heterocycles. The number of rotatable bonds is 3. The molecule has 0 saturated carbocycles. The van der Waals surface area contributed by atoms with E-state index >= 15 is 0 Å². The van der Waals surface area contributed by atoms with Crippen LogP contribution in [0.3, 0.4) is 0 Å². The fraction of sp³-hybridized carbons (Fsp3) is 0.357. The van der Waals surface area contributed by atoms with Crippen molar-refractivity contribution < 1.29 is 9.32 Å². The van der Waals surface area contributed by atoms with Gasteiger partial charge in [-0.3, -0.25) is 4.79 Å². The van der Waals surface area contributed by atoms with E-state index in [1.807, 2.05) is 6.92 Å². The van der Waals surface area contributed by atoms with Crippen molar-refractivity contribution in [1.29, 1.82) is 0 Å². The number of carbonyl (C=O) groups excluding carboxylic acids is 1. The molecule has 3 rings (SSSR count). The van der Waals surface area contributed by atoms with Gasteiger partial charge in [0.05, 0.1) is 16.6 Å². The number of aryl methyl sites for hydroxylation is 1. The van der Waals surface area contributed by atoms with Crippen molar-refractivity contribution in [1.82, 2.24) is 20.8 Å². The summed E-state index contributed by atoms with van der Waals surface area (Å²) in [6.07, 6.45) is 4.61. The Morgan fingerprint density at radius 3 is 3.14 bits per heavy atom. The van der Waals surface area contributed by atoms with Crippen LogP contribution >= 0.6 is 12.4 Å². The van der Waals surface area contributed by atoms with E-state index in [2.05, 4.69) is 26.9 Å². The number of nitrogens with one attached hydrogen (secondary N) is 2. The number of amides is 1. The Balaban J connectivity index is 0.00000161. The van der Waals surface area contributed by atoms with Crippen LogP contribution in [0.1, 0.15) is 22.5 Å². The minimum Gasteiger partial charge on any atom is -0.348 e. The lowest BCUT2D eigenvalue weighted by atomic mass is 10.1. The standard InChI is InChI=1S/C14H16N4O2.ClH/c1-9-12-6-11(8-17-14(12)20-18-9)13(19)16-7-10-2-4-15-5-3-10;/h2,6,8,15H,3-5,7H2,1H3,(H,16,19);1H. The number of aromatic nitrogens is 2. The fourth-order valence-electron chi connectivity index (χ4n) is 2.20. The quantitative estimate of drug-likeness (QED) is 0.842. The van der Waals surface area contributed by atoms with Crippen LogP contribution < -0.4 is 10.6 Å². The molecule has 2 aromatic heterocycles. The van der Waals surface area contributed by atoms with Crippen LogP contribution in [0.5, 0.6) is 0 Å². The van der Waals surface area contributed by atoms with Gasteiger partial charge in [0.1, 0.15) is 0 Å². The van der Waals surface area contributed by atoms with E-state index in [-0.39, 0.29) is 18.3 Å². The molecule has 7 heteroatoms. The van der Waals surface area contributed by atoms with Crippen molar-refractivity contribution in [2.75, 3.05) is 19.6 Å². The highest BCUT2D eigenvalue weighted by molar-refractivity contribution is 5.97. The SMILES string of the molecule is Cc1noc2ncc(C(=O)NCC3=CCNCC3)cc12.Cl. The Bertz CT molecular complexity index is 681. The average molecular weight is 309 g/mol. The molecule has 0 radical (unpaired) electrons. The van der Waals surface area contributed by atoms with Crippen molar-refractivity contribution in [2.24, 2.45) is 0 Å². The van der Waals surface area contributed by atoms with Crippen LogP contribution in [0.2, 0.25) is 0 Å². The number of hydrogen-bond donors (Lipinski definition) is 2. The first-order valence-electron chi connectivity index (χ1n) is 6.63. The molecule has 0 spiro atoms. The maximum absolute atomic E-state index is 12.1. The molecular weight excluding hydrogens is 292 g/mol. The van der Waals surface area contributed by atoms with Crippen LogP contribution in [0.25, 0.3) is 11.1 Å². The minimum absolute atomic E-state index is 0. The van der Waals surface area contributed by atoms with E-state index in [0.29, 0.717) is 17.8 Å². The second-order valence-electron chi connectivity index (χ2n) is 4.84. The molecule has 21 heavy (non-hydrogen) atoms. The van der Waals surface area contributed by atoms with Gasteiger partial charge in [-0.25, -0.2) is 4.98 Å². The van der Waals surface area contributed by atoms with Crippen molar-refractivity contribution >= 4 is 29.4 Å². The van der Waals surface area contributed by atoms with Crippen LogP contribution in [0.15, 0.2) is 28.4 Å². The van der Waals surface area contributed by atoms with Crippen molar-refractivity contribution in [2.45, 2.75) is 13.3 Å². The van der Waals surface area contributed by atoms with E-state index < -0.39 is 0 Å². The molecule has 0 atom stereocenters. The topological polar surface area (TPSA) is 80.0 Å². The Labute approximate surface area is 128 Å². The zero-order valence-electron chi connectivity index (χ0n) is 11.7. The zero-order valence-corrected chi connectivity index (χ0v) is 12.5. The number of carbonyl (C=O) groups is 1. The van der Waals surface area contributed by atoms with Gasteiger partial charge < -0.3 is 15.2 Å². The summed E-state index contributed by atoms with van der Waals surface area (Å²) >= 11 is 0. The van der Waals surface area contributed by atoms with E-state index in [0.717, 1.165) is 30.6 Å². The number of pyridine rings is 1. The molecule has 0 aliphatic carbocycles. The molecule has 0 fully saturated rings. The van der Waals surface area contributed by atoms with Crippen LogP contribution in [-0.2, 0) is 0 Å². The van der Waals surface area contributed by atoms with Crippen molar-refractivity contribution in [3.63, 3.8) is 0 Å². The number of nitrogens with zero attached hydrogens (tertiary/aromatic N) is 2. The molecule has 2 aromatic rings. The Kier molecular flexibility index (Phi) is 4.93. The molecule has 3 heterocycles. The van der Waals surface area contributed by atoms with Gasteiger partial charge in [0.25, 0.3) is 11.6 Å². The highest BCUT2D eigenvalue weighted by Crippen LogP contribution is 2.16. The highest BCUT2D eigenvalue weighted by atomic mass is 35.5. The third-order valence-electron chi connectivity index (χ3n) is 3.41. The molecule has 1 amide bonds. The lowest BCUT2D eigenvalue weighted by Gasteiger charge is -2.14. The van der Waals surface area contributed by atoms with Crippen LogP contribution in [0, 0.1) is 6.92 Å². The number of hydrogen-bond acceptors (Lipinski definition) is 5. The van der Waals surface area contributed by atoms with Gasteiger partial charge in [-0.15, -0.1) is 12.4 Å². The first-order chi connectivity index (χ1) is 9.74. The van der Waals surface area contributed by atoms with E-state index in [1.165, 1.54) is 11.8 Å². The van der Waals surface area contributed by atoms with Gasteiger partial charge in [0.2, 0.25) is 0 Å². The maximum Gasteiger partial charge on any atom is 0.257 e. The minimum atomic E-state index is -0.126. The van der Waals surface area contributed by atoms with E-state index in [9.17, 15) is 4.79 Å². The summed E-state index contributed by atoms with van der Waals surface area (Å²) in [5.41, 5.74) is 2.98.